The lowest BCUT2D eigenvalue weighted by Gasteiger charge is -2.34. The average molecular weight is 636 g/mol. The van der Waals surface area contributed by atoms with Gasteiger partial charge in [-0.3, -0.25) is 9.79 Å². The maximum Gasteiger partial charge on any atom is 0.256 e. The molecule has 2 fully saturated rings. The molecule has 1 atom stereocenters. The first-order valence-corrected chi connectivity index (χ1v) is 17.3. The average Bonchev–Trinajstić information content (AvgIpc) is 3.73. The Labute approximate surface area is 277 Å². The van der Waals surface area contributed by atoms with Crippen molar-refractivity contribution in [1.82, 2.24) is 19.7 Å². The lowest BCUT2D eigenvalue weighted by atomic mass is 10.1. The number of carbonyl (C=O) groups is 1. The Morgan fingerprint density at radius 3 is 2.32 bits per heavy atom. The van der Waals surface area contributed by atoms with Crippen LogP contribution in [-0.2, 0) is 0 Å². The van der Waals surface area contributed by atoms with E-state index in [2.05, 4.69) is 19.8 Å². The van der Waals surface area contributed by atoms with Gasteiger partial charge in [0.05, 0.1) is 30.5 Å². The van der Waals surface area contributed by atoms with Crippen molar-refractivity contribution in [3.63, 3.8) is 0 Å². The Balaban J connectivity index is 0.751. The number of aliphatic imine (C=N–C) groups is 1. The first-order chi connectivity index (χ1) is 23.1. The molecule has 4 heterocycles. The number of para-hydroxylation sites is 2. The van der Waals surface area contributed by atoms with E-state index in [-0.39, 0.29) is 11.9 Å². The van der Waals surface area contributed by atoms with Gasteiger partial charge in [-0.05, 0) is 107 Å². The number of ether oxygens (including phenoxy) is 2. The second-order valence-corrected chi connectivity index (χ2v) is 12.9. The number of amides is 1. The van der Waals surface area contributed by atoms with E-state index in [1.54, 1.807) is 0 Å². The minimum atomic E-state index is 0.0973. The molecular formula is C38H45N5O4. The number of benzene rings is 3. The second-order valence-electron chi connectivity index (χ2n) is 12.9. The summed E-state index contributed by atoms with van der Waals surface area (Å²) in [6.45, 7) is 11.0. The lowest BCUT2D eigenvalue weighted by molar-refractivity contribution is 0.0774. The van der Waals surface area contributed by atoms with E-state index in [1.165, 1.54) is 0 Å². The van der Waals surface area contributed by atoms with E-state index >= 15 is 0 Å². The first kappa shape index (κ1) is 31.4. The standard InChI is InChI=1S/C38H45N5O4/c1-28-25-32-34(39-27-30-9-8-18-43(30)38(32)44)26-36(28)46-24-7-5-17-42-21-19-41(20-22-42)16-4-6-23-45-31-14-12-29(13-15-31)37-40-33-10-2-3-11-35(33)47-37/h2-3,10-15,25-27,30H,4-9,16-24H2,1H3/t30-/m0/s1. The van der Waals surface area contributed by atoms with Crippen LogP contribution in [0.5, 0.6) is 11.5 Å². The molecule has 0 unspecified atom stereocenters. The van der Waals surface area contributed by atoms with Gasteiger partial charge in [-0.1, -0.05) is 12.1 Å². The summed E-state index contributed by atoms with van der Waals surface area (Å²) in [4.78, 5) is 29.4. The van der Waals surface area contributed by atoms with E-state index in [0.29, 0.717) is 18.1 Å². The molecule has 9 heteroatoms. The summed E-state index contributed by atoms with van der Waals surface area (Å²) in [5.74, 6) is 2.45. The van der Waals surface area contributed by atoms with Gasteiger partial charge in [-0.15, -0.1) is 0 Å². The number of carbonyl (C=O) groups excluding carboxylic acids is 1. The quantitative estimate of drug-likeness (QED) is 0.150. The van der Waals surface area contributed by atoms with Crippen LogP contribution in [0.1, 0.15) is 54.4 Å². The Morgan fingerprint density at radius 1 is 0.851 bits per heavy atom. The third kappa shape index (κ3) is 7.52. The van der Waals surface area contributed by atoms with E-state index in [4.69, 9.17) is 13.9 Å². The molecule has 2 saturated heterocycles. The molecule has 4 aromatic rings. The lowest BCUT2D eigenvalue weighted by Crippen LogP contribution is -2.46. The van der Waals surface area contributed by atoms with Crippen LogP contribution in [-0.4, -0.2) is 96.9 Å². The van der Waals surface area contributed by atoms with Crippen LogP contribution < -0.4 is 9.47 Å². The van der Waals surface area contributed by atoms with Gasteiger partial charge >= 0.3 is 0 Å². The fourth-order valence-corrected chi connectivity index (χ4v) is 6.80. The smallest absolute Gasteiger partial charge is 0.256 e. The van der Waals surface area contributed by atoms with Crippen molar-refractivity contribution < 1.29 is 18.7 Å². The summed E-state index contributed by atoms with van der Waals surface area (Å²) in [5.41, 5.74) is 5.05. The molecule has 246 valence electrons. The highest BCUT2D eigenvalue weighted by molar-refractivity contribution is 6.03. The van der Waals surface area contributed by atoms with Crippen LogP contribution >= 0.6 is 0 Å². The molecule has 0 radical (unpaired) electrons. The molecule has 1 amide bonds. The minimum Gasteiger partial charge on any atom is -0.494 e. The molecular weight excluding hydrogens is 590 g/mol. The van der Waals surface area contributed by atoms with Crippen LogP contribution in [0, 0.1) is 6.92 Å². The number of rotatable bonds is 13. The Bertz CT molecular complexity index is 1660. The van der Waals surface area contributed by atoms with Crippen LogP contribution in [0.3, 0.4) is 0 Å². The van der Waals surface area contributed by atoms with Crippen molar-refractivity contribution in [2.24, 2.45) is 4.99 Å². The summed E-state index contributed by atoms with van der Waals surface area (Å²) in [7, 11) is 0. The number of aryl methyl sites for hydroxylation is 1. The molecule has 0 N–H and O–H groups in total. The van der Waals surface area contributed by atoms with E-state index in [0.717, 1.165) is 130 Å². The number of hydrogen-bond acceptors (Lipinski definition) is 8. The Morgan fingerprint density at radius 2 is 1.57 bits per heavy atom. The molecule has 0 aliphatic carbocycles. The summed E-state index contributed by atoms with van der Waals surface area (Å²) < 4.78 is 18.0. The fourth-order valence-electron chi connectivity index (χ4n) is 6.80. The number of unbranched alkanes of at least 4 members (excludes halogenated alkanes) is 2. The minimum absolute atomic E-state index is 0.0973. The molecule has 7 rings (SSSR count). The number of hydrogen-bond donors (Lipinski definition) is 0. The summed E-state index contributed by atoms with van der Waals surface area (Å²) in [6, 6.07) is 19.9. The molecule has 0 bridgehead atoms. The second kappa shape index (κ2) is 14.7. The maximum atomic E-state index is 13.0. The molecule has 3 aliphatic heterocycles. The van der Waals surface area contributed by atoms with Crippen molar-refractivity contribution in [3.8, 4) is 23.0 Å². The zero-order chi connectivity index (χ0) is 32.0. The molecule has 9 nitrogen and oxygen atoms in total. The predicted molar refractivity (Wildman–Crippen MR) is 185 cm³/mol. The number of aromatic nitrogens is 1. The highest BCUT2D eigenvalue weighted by Gasteiger charge is 2.32. The Hall–Kier alpha value is -4.21. The Kier molecular flexibility index (Phi) is 9.81. The SMILES string of the molecule is Cc1cc2c(cc1OCCCCN1CCN(CCCCOc3ccc(-c4nc5ccccc5o4)cc3)CC1)N=C[C@@H]1CCCN1C2=O. The summed E-state index contributed by atoms with van der Waals surface area (Å²) in [6.07, 6.45) is 8.29. The first-order valence-electron chi connectivity index (χ1n) is 17.3. The van der Waals surface area contributed by atoms with Crippen LogP contribution in [0.4, 0.5) is 5.69 Å². The summed E-state index contributed by atoms with van der Waals surface area (Å²) in [5, 5.41) is 0. The molecule has 1 aromatic heterocycles. The van der Waals surface area contributed by atoms with Crippen LogP contribution in [0.2, 0.25) is 0 Å². The van der Waals surface area contributed by atoms with Gasteiger partial charge in [-0.25, -0.2) is 4.98 Å². The van der Waals surface area contributed by atoms with Gasteiger partial charge in [0.25, 0.3) is 5.91 Å². The normalized spacial score (nSPS) is 18.4. The van der Waals surface area contributed by atoms with Crippen molar-refractivity contribution >= 4 is 28.9 Å². The van der Waals surface area contributed by atoms with E-state index in [1.807, 2.05) is 78.7 Å². The van der Waals surface area contributed by atoms with Crippen molar-refractivity contribution in [2.45, 2.75) is 51.5 Å². The molecule has 0 saturated carbocycles. The van der Waals surface area contributed by atoms with Gasteiger partial charge in [-0.2, -0.15) is 0 Å². The van der Waals surface area contributed by atoms with Crippen molar-refractivity contribution in [2.75, 3.05) is 59.0 Å². The molecule has 47 heavy (non-hydrogen) atoms. The number of nitrogens with zero attached hydrogens (tertiary/aromatic N) is 5. The van der Waals surface area contributed by atoms with Gasteiger partial charge < -0.3 is 28.6 Å². The van der Waals surface area contributed by atoms with E-state index in [9.17, 15) is 4.79 Å². The number of fused-ring (bicyclic) bond motifs is 3. The fraction of sp³-hybridized carbons (Fsp3) is 0.447. The van der Waals surface area contributed by atoms with Crippen LogP contribution in [0.15, 0.2) is 70.1 Å². The monoisotopic (exact) mass is 635 g/mol. The third-order valence-electron chi connectivity index (χ3n) is 9.59. The van der Waals surface area contributed by atoms with E-state index < -0.39 is 0 Å². The topological polar surface area (TPSA) is 83.6 Å². The molecule has 0 spiro atoms. The van der Waals surface area contributed by atoms with Gasteiger partial charge in [0.2, 0.25) is 5.89 Å². The zero-order valence-corrected chi connectivity index (χ0v) is 27.4. The number of piperazine rings is 1. The van der Waals surface area contributed by atoms with Gasteiger partial charge in [0, 0.05) is 50.6 Å². The van der Waals surface area contributed by atoms with Crippen molar-refractivity contribution in [1.29, 1.82) is 0 Å². The highest BCUT2D eigenvalue weighted by Crippen LogP contribution is 2.34. The van der Waals surface area contributed by atoms with Gasteiger partial charge in [0.1, 0.15) is 17.0 Å². The van der Waals surface area contributed by atoms with Gasteiger partial charge in [0.15, 0.2) is 5.58 Å². The van der Waals surface area contributed by atoms with Crippen LogP contribution in [0.25, 0.3) is 22.6 Å². The highest BCUT2D eigenvalue weighted by atomic mass is 16.5. The third-order valence-corrected chi connectivity index (χ3v) is 9.59. The molecule has 3 aromatic carbocycles. The summed E-state index contributed by atoms with van der Waals surface area (Å²) >= 11 is 0. The predicted octanol–water partition coefficient (Wildman–Crippen LogP) is 6.76. The van der Waals surface area contributed by atoms with Crippen molar-refractivity contribution in [3.05, 3.63) is 71.8 Å². The number of oxazole rings is 1. The largest absolute Gasteiger partial charge is 0.494 e. The molecule has 3 aliphatic rings. The zero-order valence-electron chi connectivity index (χ0n) is 27.4. The maximum absolute atomic E-state index is 13.0.